The van der Waals surface area contributed by atoms with Gasteiger partial charge in [-0.3, -0.25) is 0 Å². The Hall–Kier alpha value is 0.220. The van der Waals surface area contributed by atoms with Crippen molar-refractivity contribution in [1.82, 2.24) is 0 Å². The Morgan fingerprint density at radius 3 is 1.49 bits per heavy atom. The minimum Gasteiger partial charge on any atom is -0.343 e. The molecule has 0 N–H and O–H groups in total. The van der Waals surface area contributed by atoms with Gasteiger partial charge >= 0.3 is 0 Å². The SMILES string of the molecule is CC12CC3(C)OC(C)(CC(C)(O1)C3(CP)C1=C(CP(C34CC5CC(CC(C5)C3)C4)C34CC5CC(CC(C5)C3)C4)C=CC1)O2. The summed E-state index contributed by atoms with van der Waals surface area (Å²) in [7, 11) is 3.13. The van der Waals surface area contributed by atoms with Crippen LogP contribution >= 0.6 is 17.2 Å². The van der Waals surface area contributed by atoms with E-state index in [2.05, 4.69) is 49.1 Å². The van der Waals surface area contributed by atoms with Gasteiger partial charge in [-0.1, -0.05) is 25.6 Å². The second kappa shape index (κ2) is 8.62. The molecule has 5 unspecified atom stereocenters. The van der Waals surface area contributed by atoms with Crippen LogP contribution in [0.2, 0.25) is 0 Å². The molecule has 0 aromatic carbocycles. The highest BCUT2D eigenvalue weighted by atomic mass is 31.1. The maximum Gasteiger partial charge on any atom is 0.172 e. The van der Waals surface area contributed by atoms with Gasteiger partial charge in [0.05, 0.1) is 16.6 Å². The molecule has 13 aliphatic rings. The van der Waals surface area contributed by atoms with Gasteiger partial charge in [-0.05, 0) is 175 Å². The molecule has 43 heavy (non-hydrogen) atoms. The smallest absolute Gasteiger partial charge is 0.172 e. The summed E-state index contributed by atoms with van der Waals surface area (Å²) >= 11 is 0. The summed E-state index contributed by atoms with van der Waals surface area (Å²) in [6.45, 7) is 9.22. The molecule has 236 valence electrons. The first kappa shape index (κ1) is 28.3. The predicted molar refractivity (Wildman–Crippen MR) is 177 cm³/mol. The Kier molecular flexibility index (Phi) is 5.66. The third-order valence-electron chi connectivity index (χ3n) is 15.8. The van der Waals surface area contributed by atoms with Gasteiger partial charge in [-0.2, -0.15) is 0 Å². The molecule has 12 fully saturated rings. The highest BCUT2D eigenvalue weighted by molar-refractivity contribution is 7.61. The van der Waals surface area contributed by atoms with Gasteiger partial charge in [0.1, 0.15) is 0 Å². The Morgan fingerprint density at radius 2 is 1.09 bits per heavy atom. The van der Waals surface area contributed by atoms with Crippen molar-refractivity contribution in [2.75, 3.05) is 12.3 Å². The zero-order valence-corrected chi connectivity index (χ0v) is 29.4. The third kappa shape index (κ3) is 3.63. The summed E-state index contributed by atoms with van der Waals surface area (Å²) in [5.41, 5.74) is 2.70. The lowest BCUT2D eigenvalue weighted by molar-refractivity contribution is -0.538. The summed E-state index contributed by atoms with van der Waals surface area (Å²) in [6, 6.07) is 0. The van der Waals surface area contributed by atoms with E-state index >= 15 is 0 Å². The molecule has 9 aliphatic carbocycles. The van der Waals surface area contributed by atoms with Crippen LogP contribution in [-0.4, -0.2) is 45.4 Å². The van der Waals surface area contributed by atoms with E-state index in [-0.39, 0.29) is 24.5 Å². The summed E-state index contributed by atoms with van der Waals surface area (Å²) in [6.07, 6.45) is 29.2. The molecule has 5 heteroatoms. The van der Waals surface area contributed by atoms with Crippen molar-refractivity contribution in [1.29, 1.82) is 0 Å². The standard InChI is InChI=1S/C38H56O3P2/c1-32-21-34(3)40-33(2,22-35(4,39-32)41-34)38(32,23-42)31-7-5-6-30(31)20-43(36-14-24-8-25(15-36)10-26(9-24)16-36)37-17-27-11-28(18-37)13-29(12-27)19-37/h5-6,24-29H,7-23,42H2,1-4H3. The number of ether oxygens (including phenoxy) is 3. The monoisotopic (exact) mass is 622 g/mol. The lowest BCUT2D eigenvalue weighted by Crippen LogP contribution is -2.82. The molecule has 12 bridgehead atoms. The van der Waals surface area contributed by atoms with Gasteiger partial charge in [0, 0.05) is 12.8 Å². The summed E-state index contributed by atoms with van der Waals surface area (Å²) < 4.78 is 20.8. The molecule has 13 rings (SSSR count). The van der Waals surface area contributed by atoms with Crippen LogP contribution in [0.15, 0.2) is 23.3 Å². The van der Waals surface area contributed by atoms with E-state index in [4.69, 9.17) is 14.2 Å². The molecule has 4 heterocycles. The average Bonchev–Trinajstić information content (AvgIpc) is 3.31. The maximum atomic E-state index is 7.13. The average molecular weight is 623 g/mol. The van der Waals surface area contributed by atoms with Crippen molar-refractivity contribution < 1.29 is 14.2 Å². The van der Waals surface area contributed by atoms with E-state index in [0.717, 1.165) is 60.9 Å². The number of allylic oxidation sites excluding steroid dienone is 3. The molecule has 3 nitrogen and oxygen atoms in total. The highest BCUT2D eigenvalue weighted by Crippen LogP contribution is 2.80. The quantitative estimate of drug-likeness (QED) is 0.276. The molecule has 0 aromatic heterocycles. The molecular formula is C38H56O3P2. The molecule has 0 aromatic rings. The van der Waals surface area contributed by atoms with Gasteiger partial charge in [-0.25, -0.2) is 0 Å². The van der Waals surface area contributed by atoms with E-state index < -0.39 is 11.6 Å². The summed E-state index contributed by atoms with van der Waals surface area (Å²) in [5, 5.41) is 1.33. The van der Waals surface area contributed by atoms with Crippen LogP contribution in [0.1, 0.15) is 124 Å². The Balaban J connectivity index is 1.11. The normalized spacial score (nSPS) is 61.0. The van der Waals surface area contributed by atoms with Crippen molar-refractivity contribution in [3.63, 3.8) is 0 Å². The van der Waals surface area contributed by atoms with Crippen LogP contribution in [-0.2, 0) is 14.2 Å². The molecule has 4 aliphatic heterocycles. The Morgan fingerprint density at radius 1 is 0.674 bits per heavy atom. The van der Waals surface area contributed by atoms with Crippen LogP contribution < -0.4 is 0 Å². The van der Waals surface area contributed by atoms with Crippen LogP contribution in [0, 0.1) is 40.9 Å². The van der Waals surface area contributed by atoms with Crippen molar-refractivity contribution in [3.05, 3.63) is 23.3 Å². The van der Waals surface area contributed by atoms with Crippen LogP contribution in [0.25, 0.3) is 0 Å². The lowest BCUT2D eigenvalue weighted by Gasteiger charge is -2.75. The molecule has 0 radical (unpaired) electrons. The fraction of sp³-hybridized carbons (Fsp3) is 0.895. The van der Waals surface area contributed by atoms with E-state index in [1.165, 1.54) is 6.16 Å². The van der Waals surface area contributed by atoms with Crippen molar-refractivity contribution >= 4 is 17.2 Å². The van der Waals surface area contributed by atoms with Gasteiger partial charge < -0.3 is 14.2 Å². The molecule has 5 atom stereocenters. The van der Waals surface area contributed by atoms with E-state index in [1.54, 1.807) is 88.2 Å². The highest BCUT2D eigenvalue weighted by Gasteiger charge is 2.78. The first-order chi connectivity index (χ1) is 20.4. The minimum absolute atomic E-state index is 0.0854. The van der Waals surface area contributed by atoms with E-state index in [1.807, 2.05) is 0 Å². The van der Waals surface area contributed by atoms with Crippen LogP contribution in [0.5, 0.6) is 0 Å². The number of hydrogen-bond donors (Lipinski definition) is 0. The number of rotatable bonds is 6. The third-order valence-corrected chi connectivity index (χ3v) is 20.4. The lowest BCUT2D eigenvalue weighted by atomic mass is 9.51. The Bertz CT molecular complexity index is 1150. The van der Waals surface area contributed by atoms with Gasteiger partial charge in [0.2, 0.25) is 0 Å². The fourth-order valence-corrected chi connectivity index (χ4v) is 22.4. The van der Waals surface area contributed by atoms with Crippen molar-refractivity contribution in [2.24, 2.45) is 40.9 Å². The largest absolute Gasteiger partial charge is 0.343 e. The zero-order chi connectivity index (χ0) is 29.3. The van der Waals surface area contributed by atoms with Crippen molar-refractivity contribution in [2.45, 2.75) is 157 Å². The topological polar surface area (TPSA) is 27.7 Å². The predicted octanol–water partition coefficient (Wildman–Crippen LogP) is 9.34. The van der Waals surface area contributed by atoms with Gasteiger partial charge in [-0.15, -0.1) is 9.24 Å². The zero-order valence-electron chi connectivity index (χ0n) is 27.4. The first-order valence-electron chi connectivity index (χ1n) is 18.4. The molecule has 4 saturated heterocycles. The molecule has 8 saturated carbocycles. The van der Waals surface area contributed by atoms with Gasteiger partial charge in [0.25, 0.3) is 0 Å². The van der Waals surface area contributed by atoms with E-state index in [9.17, 15) is 0 Å². The summed E-state index contributed by atoms with van der Waals surface area (Å²) in [5.74, 6) is 5.14. The van der Waals surface area contributed by atoms with Crippen molar-refractivity contribution in [3.8, 4) is 0 Å². The van der Waals surface area contributed by atoms with Crippen LogP contribution in [0.4, 0.5) is 0 Å². The first-order valence-corrected chi connectivity index (χ1v) is 20.7. The minimum atomic E-state index is -0.560. The molecular weight excluding hydrogens is 566 g/mol. The fourth-order valence-electron chi connectivity index (χ4n) is 16.1. The summed E-state index contributed by atoms with van der Waals surface area (Å²) in [4.78, 5) is 0. The maximum absolute atomic E-state index is 7.13. The Labute approximate surface area is 264 Å². The molecule has 0 amide bonds. The van der Waals surface area contributed by atoms with E-state index in [0.29, 0.717) is 10.3 Å². The number of hydrogen-bond acceptors (Lipinski definition) is 3. The second-order valence-corrected chi connectivity index (χ2v) is 22.5. The molecule has 0 spiro atoms. The van der Waals surface area contributed by atoms with Gasteiger partial charge in [0.15, 0.2) is 11.6 Å². The second-order valence-electron chi connectivity index (χ2n) is 19.0. The van der Waals surface area contributed by atoms with Crippen LogP contribution in [0.3, 0.4) is 0 Å².